The summed E-state index contributed by atoms with van der Waals surface area (Å²) in [7, 11) is 0. The summed E-state index contributed by atoms with van der Waals surface area (Å²) in [5, 5.41) is 3.13. The lowest BCUT2D eigenvalue weighted by Crippen LogP contribution is -2.26. The highest BCUT2D eigenvalue weighted by molar-refractivity contribution is 5.79. The van der Waals surface area contributed by atoms with Crippen molar-refractivity contribution >= 4 is 5.84 Å². The van der Waals surface area contributed by atoms with E-state index in [4.69, 9.17) is 0 Å². The van der Waals surface area contributed by atoms with Crippen LogP contribution >= 0.6 is 0 Å². The minimum Gasteiger partial charge on any atom is -0.374 e. The molecule has 0 fully saturated rings. The van der Waals surface area contributed by atoms with Crippen LogP contribution in [-0.4, -0.2) is 18.9 Å². The zero-order valence-corrected chi connectivity index (χ0v) is 4.57. The van der Waals surface area contributed by atoms with Crippen LogP contribution in [0.25, 0.3) is 0 Å². The summed E-state index contributed by atoms with van der Waals surface area (Å²) in [6.07, 6.45) is 1.19. The number of hydrogen-bond acceptors (Lipinski definition) is 2. The van der Waals surface area contributed by atoms with E-state index in [1.54, 1.807) is 0 Å². The van der Waals surface area contributed by atoms with E-state index in [9.17, 15) is 0 Å². The summed E-state index contributed by atoms with van der Waals surface area (Å²) >= 11 is 0. The van der Waals surface area contributed by atoms with Crippen molar-refractivity contribution in [1.29, 1.82) is 0 Å². The molecule has 0 aromatic heterocycles. The molecule has 1 N–H and O–H groups in total. The molecule has 0 aromatic carbocycles. The molecule has 0 amide bonds. The van der Waals surface area contributed by atoms with E-state index in [1.807, 2.05) is 6.92 Å². The molecule has 2 heteroatoms. The van der Waals surface area contributed by atoms with E-state index < -0.39 is 0 Å². The van der Waals surface area contributed by atoms with Crippen molar-refractivity contribution in [2.75, 3.05) is 13.1 Å². The molecule has 0 saturated heterocycles. The van der Waals surface area contributed by atoms with Crippen molar-refractivity contribution in [2.24, 2.45) is 4.99 Å². The molecular formula is C6H14N2. The van der Waals surface area contributed by atoms with Gasteiger partial charge in [0.15, 0.2) is 0 Å². The van der Waals surface area contributed by atoms with Crippen LogP contribution in [-0.2, 0) is 0 Å². The van der Waals surface area contributed by atoms with Gasteiger partial charge in [0.25, 0.3) is 0 Å². The van der Waals surface area contributed by atoms with Crippen LogP contribution in [0.5, 0.6) is 0 Å². The number of rotatable bonds is 0. The van der Waals surface area contributed by atoms with Gasteiger partial charge in [-0.15, -0.1) is 0 Å². The van der Waals surface area contributed by atoms with Gasteiger partial charge < -0.3 is 5.32 Å². The molecule has 0 radical (unpaired) electrons. The standard InChI is InChI=1S/C5H10N2.CH4/c1-5-6-3-2-4-7-5;/h2-4H2,1H3,(H,6,7);1H4. The van der Waals surface area contributed by atoms with Crippen LogP contribution in [0.2, 0.25) is 0 Å². The molecule has 0 aliphatic carbocycles. The van der Waals surface area contributed by atoms with Gasteiger partial charge in [0.1, 0.15) is 0 Å². The first-order valence-electron chi connectivity index (χ1n) is 2.64. The first-order valence-corrected chi connectivity index (χ1v) is 2.64. The van der Waals surface area contributed by atoms with E-state index in [1.165, 1.54) is 6.42 Å². The molecular weight excluding hydrogens is 100 g/mol. The Morgan fingerprint density at radius 2 is 2.38 bits per heavy atom. The molecule has 0 bridgehead atoms. The first kappa shape index (κ1) is 7.47. The predicted octanol–water partition coefficient (Wildman–Crippen LogP) is 1.03. The average molecular weight is 114 g/mol. The molecule has 2 nitrogen and oxygen atoms in total. The molecule has 1 aliphatic rings. The minimum atomic E-state index is 0. The lowest BCUT2D eigenvalue weighted by atomic mass is 10.4. The molecule has 1 rings (SSSR count). The maximum atomic E-state index is 4.14. The van der Waals surface area contributed by atoms with Crippen LogP contribution in [0.3, 0.4) is 0 Å². The Morgan fingerprint density at radius 3 is 2.62 bits per heavy atom. The third-order valence-electron chi connectivity index (χ3n) is 1.06. The van der Waals surface area contributed by atoms with Crippen LogP contribution in [0.1, 0.15) is 20.8 Å². The van der Waals surface area contributed by atoms with E-state index in [0.717, 1.165) is 18.9 Å². The summed E-state index contributed by atoms with van der Waals surface area (Å²) in [6, 6.07) is 0. The van der Waals surface area contributed by atoms with Gasteiger partial charge in [-0.1, -0.05) is 7.43 Å². The normalized spacial score (nSPS) is 17.9. The van der Waals surface area contributed by atoms with E-state index in [2.05, 4.69) is 10.3 Å². The number of amidine groups is 1. The fourth-order valence-electron chi connectivity index (χ4n) is 0.651. The summed E-state index contributed by atoms with van der Waals surface area (Å²) < 4.78 is 0. The fourth-order valence-corrected chi connectivity index (χ4v) is 0.651. The van der Waals surface area contributed by atoms with E-state index in [-0.39, 0.29) is 7.43 Å². The number of nitrogens with zero attached hydrogens (tertiary/aromatic N) is 1. The smallest absolute Gasteiger partial charge is 0.0931 e. The molecule has 0 aromatic rings. The van der Waals surface area contributed by atoms with Crippen LogP contribution < -0.4 is 5.32 Å². The van der Waals surface area contributed by atoms with Gasteiger partial charge in [0.05, 0.1) is 5.84 Å². The number of hydrogen-bond donors (Lipinski definition) is 1. The fraction of sp³-hybridized carbons (Fsp3) is 0.833. The van der Waals surface area contributed by atoms with Gasteiger partial charge in [-0.3, -0.25) is 4.99 Å². The van der Waals surface area contributed by atoms with Crippen molar-refractivity contribution in [3.8, 4) is 0 Å². The quantitative estimate of drug-likeness (QED) is 0.500. The monoisotopic (exact) mass is 114 g/mol. The summed E-state index contributed by atoms with van der Waals surface area (Å²) in [6.45, 7) is 4.12. The van der Waals surface area contributed by atoms with Crippen LogP contribution in [0.4, 0.5) is 0 Å². The van der Waals surface area contributed by atoms with Crippen molar-refractivity contribution < 1.29 is 0 Å². The Morgan fingerprint density at radius 1 is 1.62 bits per heavy atom. The third-order valence-corrected chi connectivity index (χ3v) is 1.06. The maximum Gasteiger partial charge on any atom is 0.0931 e. The van der Waals surface area contributed by atoms with Gasteiger partial charge in [-0.25, -0.2) is 0 Å². The number of aliphatic imine (C=N–C) groups is 1. The lowest BCUT2D eigenvalue weighted by molar-refractivity contribution is 0.739. The second-order valence-electron chi connectivity index (χ2n) is 1.75. The topological polar surface area (TPSA) is 24.4 Å². The molecule has 0 atom stereocenters. The lowest BCUT2D eigenvalue weighted by Gasteiger charge is -2.08. The first-order chi connectivity index (χ1) is 3.39. The highest BCUT2D eigenvalue weighted by Gasteiger charge is 1.94. The minimum absolute atomic E-state index is 0. The molecule has 0 spiro atoms. The zero-order valence-electron chi connectivity index (χ0n) is 4.57. The molecule has 0 saturated carbocycles. The molecule has 0 unspecified atom stereocenters. The average Bonchev–Trinajstić information content (AvgIpc) is 1.69. The highest BCUT2D eigenvalue weighted by atomic mass is 15.0. The third kappa shape index (κ3) is 1.96. The molecule has 48 valence electrons. The Hall–Kier alpha value is -0.530. The largest absolute Gasteiger partial charge is 0.374 e. The Kier molecular flexibility index (Phi) is 3.24. The van der Waals surface area contributed by atoms with Crippen molar-refractivity contribution in [3.05, 3.63) is 0 Å². The van der Waals surface area contributed by atoms with Crippen molar-refractivity contribution in [2.45, 2.75) is 20.8 Å². The van der Waals surface area contributed by atoms with Gasteiger partial charge in [0, 0.05) is 13.1 Å². The second-order valence-corrected chi connectivity index (χ2v) is 1.75. The predicted molar refractivity (Wildman–Crippen MR) is 37.3 cm³/mol. The van der Waals surface area contributed by atoms with Gasteiger partial charge in [-0.05, 0) is 13.3 Å². The second kappa shape index (κ2) is 3.47. The Labute approximate surface area is 51.0 Å². The summed E-state index contributed by atoms with van der Waals surface area (Å²) in [5.41, 5.74) is 0. The molecule has 8 heavy (non-hydrogen) atoms. The number of nitrogens with one attached hydrogen (secondary N) is 1. The summed E-state index contributed by atoms with van der Waals surface area (Å²) in [5.74, 6) is 1.09. The Bertz CT molecular complexity index is 86.5. The van der Waals surface area contributed by atoms with Crippen LogP contribution in [0, 0.1) is 0 Å². The van der Waals surface area contributed by atoms with Gasteiger partial charge in [-0.2, -0.15) is 0 Å². The van der Waals surface area contributed by atoms with Crippen molar-refractivity contribution in [1.82, 2.24) is 5.32 Å². The van der Waals surface area contributed by atoms with Crippen molar-refractivity contribution in [3.63, 3.8) is 0 Å². The van der Waals surface area contributed by atoms with E-state index in [0.29, 0.717) is 0 Å². The van der Waals surface area contributed by atoms with E-state index >= 15 is 0 Å². The van der Waals surface area contributed by atoms with Gasteiger partial charge >= 0.3 is 0 Å². The molecule has 1 aliphatic heterocycles. The van der Waals surface area contributed by atoms with Crippen LogP contribution in [0.15, 0.2) is 4.99 Å². The maximum absolute atomic E-state index is 4.14. The molecule has 1 heterocycles. The Balaban J connectivity index is 0.000000490. The zero-order chi connectivity index (χ0) is 5.11. The SMILES string of the molecule is C.CC1=NCCCN1. The summed E-state index contributed by atoms with van der Waals surface area (Å²) in [4.78, 5) is 4.14. The highest BCUT2D eigenvalue weighted by Crippen LogP contribution is 1.86. The van der Waals surface area contributed by atoms with Gasteiger partial charge in [0.2, 0.25) is 0 Å².